The zero-order valence-corrected chi connectivity index (χ0v) is 13.1. The summed E-state index contributed by atoms with van der Waals surface area (Å²) in [5, 5.41) is 36.5. The van der Waals surface area contributed by atoms with Crippen molar-refractivity contribution in [3.63, 3.8) is 0 Å². The van der Waals surface area contributed by atoms with Gasteiger partial charge in [0.25, 0.3) is 0 Å². The molecule has 22 heavy (non-hydrogen) atoms. The van der Waals surface area contributed by atoms with Crippen LogP contribution < -0.4 is 5.32 Å². The van der Waals surface area contributed by atoms with Gasteiger partial charge >= 0.3 is 11.9 Å². The van der Waals surface area contributed by atoms with Crippen molar-refractivity contribution >= 4 is 11.9 Å². The van der Waals surface area contributed by atoms with Crippen molar-refractivity contribution in [1.82, 2.24) is 5.32 Å². The lowest BCUT2D eigenvalue weighted by atomic mass is 10.1. The first-order chi connectivity index (χ1) is 10.1. The van der Waals surface area contributed by atoms with Crippen LogP contribution in [0.4, 0.5) is 0 Å². The predicted molar refractivity (Wildman–Crippen MR) is 79.2 cm³/mol. The summed E-state index contributed by atoms with van der Waals surface area (Å²) in [6, 6.07) is 1.98. The molecule has 0 aliphatic rings. The Kier molecular flexibility index (Phi) is 13.0. The molecule has 1 unspecified atom stereocenters. The number of nitriles is 1. The minimum atomic E-state index is -1.26. The van der Waals surface area contributed by atoms with Gasteiger partial charge in [-0.25, -0.2) is 9.59 Å². The molecule has 0 aliphatic heterocycles. The van der Waals surface area contributed by atoms with Crippen molar-refractivity contribution < 1.29 is 29.6 Å². The topological polar surface area (TPSA) is 140 Å². The number of aliphatic carboxylic acids is 2. The second kappa shape index (κ2) is 12.8. The van der Waals surface area contributed by atoms with E-state index in [1.165, 1.54) is 0 Å². The van der Waals surface area contributed by atoms with Crippen LogP contribution in [0.1, 0.15) is 27.2 Å². The van der Waals surface area contributed by atoms with Gasteiger partial charge in [0.2, 0.25) is 0 Å². The Morgan fingerprint density at radius 3 is 2.14 bits per heavy atom. The van der Waals surface area contributed by atoms with Crippen molar-refractivity contribution in [3.8, 4) is 6.07 Å². The second-order valence-corrected chi connectivity index (χ2v) is 5.28. The van der Waals surface area contributed by atoms with Crippen molar-refractivity contribution in [3.05, 3.63) is 12.2 Å². The molecule has 0 bridgehead atoms. The molecule has 0 aromatic heterocycles. The van der Waals surface area contributed by atoms with E-state index in [1.54, 1.807) is 0 Å². The number of ether oxygens (including phenoxy) is 1. The van der Waals surface area contributed by atoms with E-state index in [2.05, 4.69) is 5.32 Å². The molecule has 0 amide bonds. The first-order valence-electron chi connectivity index (χ1n) is 6.60. The van der Waals surface area contributed by atoms with Gasteiger partial charge < -0.3 is 25.4 Å². The van der Waals surface area contributed by atoms with E-state index in [0.717, 1.165) is 0 Å². The number of aliphatic hydroxyl groups is 1. The average molecular weight is 316 g/mol. The Balaban J connectivity index is 0. The van der Waals surface area contributed by atoms with E-state index in [0.29, 0.717) is 31.7 Å². The van der Waals surface area contributed by atoms with Crippen LogP contribution in [-0.4, -0.2) is 58.7 Å². The van der Waals surface area contributed by atoms with Crippen LogP contribution in [0.5, 0.6) is 0 Å². The third kappa shape index (κ3) is 23.2. The molecule has 0 rings (SSSR count). The van der Waals surface area contributed by atoms with Gasteiger partial charge in [-0.15, -0.1) is 0 Å². The largest absolute Gasteiger partial charge is 0.478 e. The maximum atomic E-state index is 9.55. The number of nitrogens with zero attached hydrogens (tertiary/aromatic N) is 1. The highest BCUT2D eigenvalue weighted by atomic mass is 16.5. The number of carboxylic acids is 2. The first-order valence-corrected chi connectivity index (χ1v) is 6.60. The van der Waals surface area contributed by atoms with E-state index in [4.69, 9.17) is 20.2 Å². The van der Waals surface area contributed by atoms with Crippen molar-refractivity contribution in [2.24, 2.45) is 0 Å². The van der Waals surface area contributed by atoms with Gasteiger partial charge in [0.05, 0.1) is 31.8 Å². The van der Waals surface area contributed by atoms with Gasteiger partial charge in [0.1, 0.15) is 0 Å². The Labute approximate surface area is 130 Å². The lowest BCUT2D eigenvalue weighted by Gasteiger charge is -2.22. The standard InChI is InChI=1S/C10H20N2O2.C4H4O4/c1-10(2,3)12-7-9(13)8-14-6-4-5-11;5-3(6)1-2-4(7)8/h9,12-13H,4,6-8H2,1-3H3;1-2H,(H,5,6)(H,7,8)/b;2-1+. The summed E-state index contributed by atoms with van der Waals surface area (Å²) in [6.07, 6.45) is 0.984. The molecule has 0 radical (unpaired) electrons. The smallest absolute Gasteiger partial charge is 0.328 e. The number of carboxylic acid groups (broad SMARTS) is 2. The molecule has 0 aromatic rings. The maximum absolute atomic E-state index is 9.55. The summed E-state index contributed by atoms with van der Waals surface area (Å²) < 4.78 is 5.09. The van der Waals surface area contributed by atoms with E-state index >= 15 is 0 Å². The van der Waals surface area contributed by atoms with Crippen molar-refractivity contribution in [1.29, 1.82) is 5.26 Å². The summed E-state index contributed by atoms with van der Waals surface area (Å²) in [6.45, 7) is 7.30. The van der Waals surface area contributed by atoms with Crippen LogP contribution in [0.3, 0.4) is 0 Å². The maximum Gasteiger partial charge on any atom is 0.328 e. The minimum Gasteiger partial charge on any atom is -0.478 e. The molecule has 0 heterocycles. The fraction of sp³-hybridized carbons (Fsp3) is 0.643. The third-order valence-electron chi connectivity index (χ3n) is 1.90. The molecule has 0 fully saturated rings. The Morgan fingerprint density at radius 1 is 1.27 bits per heavy atom. The minimum absolute atomic E-state index is 0.00757. The zero-order chi connectivity index (χ0) is 17.6. The molecule has 0 aromatic carbocycles. The van der Waals surface area contributed by atoms with Crippen molar-refractivity contribution in [2.45, 2.75) is 38.8 Å². The van der Waals surface area contributed by atoms with Crippen LogP contribution in [-0.2, 0) is 14.3 Å². The normalized spacial score (nSPS) is 12.1. The molecule has 8 nitrogen and oxygen atoms in total. The van der Waals surface area contributed by atoms with E-state index in [1.807, 2.05) is 26.8 Å². The number of carbonyl (C=O) groups is 2. The monoisotopic (exact) mass is 316 g/mol. The predicted octanol–water partition coefficient (Wildman–Crippen LogP) is 0.377. The fourth-order valence-corrected chi connectivity index (χ4v) is 0.963. The number of nitrogens with one attached hydrogen (secondary N) is 1. The molecule has 4 N–H and O–H groups in total. The summed E-state index contributed by atoms with van der Waals surface area (Å²) in [4.78, 5) is 19.1. The van der Waals surface area contributed by atoms with Crippen molar-refractivity contribution in [2.75, 3.05) is 19.8 Å². The summed E-state index contributed by atoms with van der Waals surface area (Å²) in [5.41, 5.74) is 0.00757. The SMILES string of the molecule is CC(C)(C)NCC(O)COCCC#N.O=C(O)/C=C/C(=O)O. The number of β-amino-alcohol motifs (C(OH)–C–C–N with tert-alkyl or cyclic N) is 1. The molecule has 0 aliphatic carbocycles. The summed E-state index contributed by atoms with van der Waals surface area (Å²) in [7, 11) is 0. The van der Waals surface area contributed by atoms with E-state index in [9.17, 15) is 14.7 Å². The third-order valence-corrected chi connectivity index (χ3v) is 1.90. The molecular formula is C14H24N2O6. The molecular weight excluding hydrogens is 292 g/mol. The molecule has 0 saturated heterocycles. The van der Waals surface area contributed by atoms with Crippen LogP contribution in [0.25, 0.3) is 0 Å². The molecule has 8 heteroatoms. The summed E-state index contributed by atoms with van der Waals surface area (Å²) in [5.74, 6) is -2.51. The Morgan fingerprint density at radius 2 is 1.77 bits per heavy atom. The van der Waals surface area contributed by atoms with Gasteiger partial charge in [-0.05, 0) is 20.8 Å². The molecule has 1 atom stereocenters. The number of hydrogen-bond acceptors (Lipinski definition) is 6. The Bertz CT molecular complexity index is 379. The summed E-state index contributed by atoms with van der Waals surface area (Å²) >= 11 is 0. The fourth-order valence-electron chi connectivity index (χ4n) is 0.963. The zero-order valence-electron chi connectivity index (χ0n) is 13.1. The Hall–Kier alpha value is -1.95. The number of hydrogen-bond donors (Lipinski definition) is 4. The molecule has 0 saturated carbocycles. The van der Waals surface area contributed by atoms with Gasteiger partial charge in [-0.1, -0.05) is 0 Å². The van der Waals surface area contributed by atoms with Gasteiger partial charge in [-0.3, -0.25) is 0 Å². The van der Waals surface area contributed by atoms with Crippen LogP contribution >= 0.6 is 0 Å². The van der Waals surface area contributed by atoms with Gasteiger partial charge in [-0.2, -0.15) is 5.26 Å². The highest BCUT2D eigenvalue weighted by molar-refractivity contribution is 5.89. The quantitative estimate of drug-likeness (QED) is 0.372. The lowest BCUT2D eigenvalue weighted by molar-refractivity contribution is -0.134. The number of rotatable bonds is 8. The van der Waals surface area contributed by atoms with Crippen LogP contribution in [0.2, 0.25) is 0 Å². The average Bonchev–Trinajstić information content (AvgIpc) is 2.39. The highest BCUT2D eigenvalue weighted by Gasteiger charge is 2.11. The lowest BCUT2D eigenvalue weighted by Crippen LogP contribution is -2.42. The van der Waals surface area contributed by atoms with E-state index < -0.39 is 18.0 Å². The highest BCUT2D eigenvalue weighted by Crippen LogP contribution is 1.98. The molecule has 0 spiro atoms. The first kappa shape index (κ1) is 22.3. The second-order valence-electron chi connectivity index (χ2n) is 5.28. The van der Waals surface area contributed by atoms with Crippen LogP contribution in [0.15, 0.2) is 12.2 Å². The molecule has 126 valence electrons. The van der Waals surface area contributed by atoms with E-state index in [-0.39, 0.29) is 12.1 Å². The van der Waals surface area contributed by atoms with Gasteiger partial charge in [0, 0.05) is 24.2 Å². The van der Waals surface area contributed by atoms with Gasteiger partial charge in [0.15, 0.2) is 0 Å². The number of aliphatic hydroxyl groups excluding tert-OH is 1. The van der Waals surface area contributed by atoms with Crippen LogP contribution in [0, 0.1) is 11.3 Å².